The van der Waals surface area contributed by atoms with Crippen molar-refractivity contribution in [1.82, 2.24) is 5.32 Å². The van der Waals surface area contributed by atoms with Gasteiger partial charge in [-0.25, -0.2) is 0 Å². The van der Waals surface area contributed by atoms with Gasteiger partial charge in [-0.1, -0.05) is 6.92 Å². The lowest BCUT2D eigenvalue weighted by atomic mass is 9.90. The van der Waals surface area contributed by atoms with Gasteiger partial charge in [-0.05, 0) is 18.1 Å². The molecule has 2 heteroatoms. The number of thioether (sulfide) groups is 1. The van der Waals surface area contributed by atoms with Gasteiger partial charge in [0, 0.05) is 17.8 Å². The molecule has 2 aliphatic heterocycles. The maximum atomic E-state index is 3.48. The second-order valence-electron chi connectivity index (χ2n) is 3.11. The van der Waals surface area contributed by atoms with E-state index in [0.29, 0.717) is 0 Å². The Morgan fingerprint density at radius 3 is 2.89 bits per heavy atom. The molecule has 1 N–H and O–H groups in total. The third-order valence-electron chi connectivity index (χ3n) is 2.47. The molecule has 0 aromatic carbocycles. The van der Waals surface area contributed by atoms with E-state index < -0.39 is 0 Å². The standard InChI is InChI=1S/C7H13NS/c1-5-2-3-9-6-4-8-7(5)6/h5-8H,2-4H2,1H3/t5?,6-,7?/m0/s1. The fraction of sp³-hybridized carbons (Fsp3) is 1.00. The number of hydrogen-bond acceptors (Lipinski definition) is 2. The van der Waals surface area contributed by atoms with Crippen molar-refractivity contribution in [3.63, 3.8) is 0 Å². The van der Waals surface area contributed by atoms with Crippen LogP contribution in [0.3, 0.4) is 0 Å². The van der Waals surface area contributed by atoms with Gasteiger partial charge >= 0.3 is 0 Å². The summed E-state index contributed by atoms with van der Waals surface area (Å²) in [6, 6.07) is 0.865. The first-order valence-corrected chi connectivity index (χ1v) is 4.78. The van der Waals surface area contributed by atoms with Gasteiger partial charge in [0.25, 0.3) is 0 Å². The molecule has 2 aliphatic rings. The molecule has 0 bridgehead atoms. The quantitative estimate of drug-likeness (QED) is 0.545. The molecule has 2 unspecified atom stereocenters. The molecule has 52 valence electrons. The van der Waals surface area contributed by atoms with Gasteiger partial charge in [-0.3, -0.25) is 0 Å². The predicted octanol–water partition coefficient (Wildman–Crippen LogP) is 1.10. The number of hydrogen-bond donors (Lipinski definition) is 1. The van der Waals surface area contributed by atoms with E-state index in [1.165, 1.54) is 18.7 Å². The molecule has 2 rings (SSSR count). The van der Waals surface area contributed by atoms with Gasteiger partial charge in [0.1, 0.15) is 0 Å². The summed E-state index contributed by atoms with van der Waals surface area (Å²) in [5, 5.41) is 4.44. The predicted molar refractivity (Wildman–Crippen MR) is 41.8 cm³/mol. The maximum absolute atomic E-state index is 3.48. The number of rotatable bonds is 0. The van der Waals surface area contributed by atoms with Crippen molar-refractivity contribution in [3.8, 4) is 0 Å². The van der Waals surface area contributed by atoms with Crippen LogP contribution in [0, 0.1) is 5.92 Å². The Balaban J connectivity index is 1.98. The summed E-state index contributed by atoms with van der Waals surface area (Å²) in [6.45, 7) is 3.63. The van der Waals surface area contributed by atoms with E-state index in [0.717, 1.165) is 17.2 Å². The Bertz CT molecular complexity index is 109. The summed E-state index contributed by atoms with van der Waals surface area (Å²) >= 11 is 2.15. The fourth-order valence-electron chi connectivity index (χ4n) is 1.67. The summed E-state index contributed by atoms with van der Waals surface area (Å²) in [4.78, 5) is 0. The average Bonchev–Trinajstić information content (AvgIpc) is 1.74. The first kappa shape index (κ1) is 6.05. The van der Waals surface area contributed by atoms with Crippen LogP contribution in [0.2, 0.25) is 0 Å². The molecule has 0 aromatic rings. The normalized spacial score (nSPS) is 49.7. The molecule has 3 atom stereocenters. The molecule has 9 heavy (non-hydrogen) atoms. The monoisotopic (exact) mass is 143 g/mol. The lowest BCUT2D eigenvalue weighted by Crippen LogP contribution is -2.60. The van der Waals surface area contributed by atoms with Gasteiger partial charge in [0.05, 0.1) is 0 Å². The smallest absolute Gasteiger partial charge is 0.0328 e. The van der Waals surface area contributed by atoms with Crippen molar-refractivity contribution >= 4 is 11.8 Å². The fourth-order valence-corrected chi connectivity index (χ4v) is 3.26. The Morgan fingerprint density at radius 2 is 2.44 bits per heavy atom. The summed E-state index contributed by atoms with van der Waals surface area (Å²) in [6.07, 6.45) is 1.42. The van der Waals surface area contributed by atoms with Crippen molar-refractivity contribution in [2.45, 2.75) is 24.6 Å². The van der Waals surface area contributed by atoms with Crippen LogP contribution in [0.25, 0.3) is 0 Å². The van der Waals surface area contributed by atoms with Crippen LogP contribution in [0.15, 0.2) is 0 Å². The lowest BCUT2D eigenvalue weighted by Gasteiger charge is -2.45. The Labute approximate surface area is 60.6 Å². The molecule has 0 saturated carbocycles. The van der Waals surface area contributed by atoms with Crippen LogP contribution >= 0.6 is 11.8 Å². The van der Waals surface area contributed by atoms with Gasteiger partial charge in [-0.2, -0.15) is 11.8 Å². The first-order valence-electron chi connectivity index (χ1n) is 3.73. The van der Waals surface area contributed by atoms with E-state index in [2.05, 4.69) is 24.0 Å². The summed E-state index contributed by atoms with van der Waals surface area (Å²) in [5.41, 5.74) is 0. The van der Waals surface area contributed by atoms with Crippen LogP contribution in [0.4, 0.5) is 0 Å². The van der Waals surface area contributed by atoms with Gasteiger partial charge in [-0.15, -0.1) is 0 Å². The molecule has 0 amide bonds. The van der Waals surface area contributed by atoms with Gasteiger partial charge in [0.2, 0.25) is 0 Å². The zero-order chi connectivity index (χ0) is 6.27. The van der Waals surface area contributed by atoms with Crippen molar-refractivity contribution in [2.75, 3.05) is 12.3 Å². The Morgan fingerprint density at radius 1 is 1.56 bits per heavy atom. The van der Waals surface area contributed by atoms with Crippen LogP contribution in [-0.2, 0) is 0 Å². The zero-order valence-electron chi connectivity index (χ0n) is 5.76. The molecule has 0 aromatic heterocycles. The van der Waals surface area contributed by atoms with Crippen molar-refractivity contribution in [2.24, 2.45) is 5.92 Å². The second-order valence-corrected chi connectivity index (χ2v) is 4.46. The van der Waals surface area contributed by atoms with E-state index in [4.69, 9.17) is 0 Å². The van der Waals surface area contributed by atoms with Gasteiger partial charge in [0.15, 0.2) is 0 Å². The average molecular weight is 143 g/mol. The molecular formula is C7H13NS. The minimum atomic E-state index is 0.865. The minimum Gasteiger partial charge on any atom is -0.311 e. The van der Waals surface area contributed by atoms with Gasteiger partial charge < -0.3 is 5.32 Å². The highest BCUT2D eigenvalue weighted by molar-refractivity contribution is 8.00. The van der Waals surface area contributed by atoms with E-state index in [9.17, 15) is 0 Å². The van der Waals surface area contributed by atoms with E-state index in [1.54, 1.807) is 0 Å². The Kier molecular flexibility index (Phi) is 1.46. The van der Waals surface area contributed by atoms with Crippen molar-refractivity contribution < 1.29 is 0 Å². The molecule has 1 nitrogen and oxygen atoms in total. The molecule has 0 aliphatic carbocycles. The van der Waals surface area contributed by atoms with E-state index >= 15 is 0 Å². The summed E-state index contributed by atoms with van der Waals surface area (Å²) in [7, 11) is 0. The van der Waals surface area contributed by atoms with E-state index in [-0.39, 0.29) is 0 Å². The highest BCUT2D eigenvalue weighted by Gasteiger charge is 2.37. The molecule has 2 fully saturated rings. The SMILES string of the molecule is CC1CCS[C@H]2CNC12. The minimum absolute atomic E-state index is 0.865. The summed E-state index contributed by atoms with van der Waals surface area (Å²) in [5.74, 6) is 2.33. The molecule has 2 heterocycles. The Hall–Kier alpha value is 0.310. The lowest BCUT2D eigenvalue weighted by molar-refractivity contribution is 0.272. The van der Waals surface area contributed by atoms with Crippen LogP contribution in [0.1, 0.15) is 13.3 Å². The summed E-state index contributed by atoms with van der Waals surface area (Å²) < 4.78 is 0. The van der Waals surface area contributed by atoms with Crippen LogP contribution in [-0.4, -0.2) is 23.6 Å². The van der Waals surface area contributed by atoms with Crippen LogP contribution < -0.4 is 5.32 Å². The number of nitrogens with one attached hydrogen (secondary N) is 1. The maximum Gasteiger partial charge on any atom is 0.0328 e. The highest BCUT2D eigenvalue weighted by Crippen LogP contribution is 2.33. The molecule has 0 spiro atoms. The first-order chi connectivity index (χ1) is 4.38. The topological polar surface area (TPSA) is 12.0 Å². The molecule has 2 saturated heterocycles. The zero-order valence-corrected chi connectivity index (χ0v) is 6.58. The second kappa shape index (κ2) is 2.17. The third kappa shape index (κ3) is 0.887. The molecule has 0 radical (unpaired) electrons. The molecular weight excluding hydrogens is 130 g/mol. The van der Waals surface area contributed by atoms with Crippen LogP contribution in [0.5, 0.6) is 0 Å². The van der Waals surface area contributed by atoms with E-state index in [1.807, 2.05) is 0 Å². The highest BCUT2D eigenvalue weighted by atomic mass is 32.2. The van der Waals surface area contributed by atoms with Crippen molar-refractivity contribution in [1.29, 1.82) is 0 Å². The third-order valence-corrected chi connectivity index (χ3v) is 3.83. The largest absolute Gasteiger partial charge is 0.311 e. The number of fused-ring (bicyclic) bond motifs is 1. The van der Waals surface area contributed by atoms with Crippen molar-refractivity contribution in [3.05, 3.63) is 0 Å².